The fraction of sp³-hybridized carbons (Fsp3) is 0.789. The molecule has 3 rings (SSSR count). The summed E-state index contributed by atoms with van der Waals surface area (Å²) in [5, 5.41) is 8.92. The van der Waals surface area contributed by atoms with Gasteiger partial charge in [-0.2, -0.15) is 0 Å². The van der Waals surface area contributed by atoms with Gasteiger partial charge in [-0.25, -0.2) is 4.79 Å². The molecule has 0 unspecified atom stereocenters. The normalized spacial score (nSPS) is 27.4. The first kappa shape index (κ1) is 18.2. The molecule has 3 amide bonds. The summed E-state index contributed by atoms with van der Waals surface area (Å²) in [6.45, 7) is 6.93. The maximum absolute atomic E-state index is 13.1. The average Bonchev–Trinajstić information content (AvgIpc) is 2.55. The molecular weight excluding hydrogens is 316 g/mol. The van der Waals surface area contributed by atoms with Gasteiger partial charge in [-0.1, -0.05) is 25.7 Å². The van der Waals surface area contributed by atoms with Crippen molar-refractivity contribution in [2.75, 3.05) is 19.6 Å². The summed E-state index contributed by atoms with van der Waals surface area (Å²) in [4.78, 5) is 27.2. The van der Waals surface area contributed by atoms with E-state index in [0.717, 1.165) is 32.5 Å². The minimum Gasteiger partial charge on any atom is -0.345 e. The highest BCUT2D eigenvalue weighted by atomic mass is 16.2. The van der Waals surface area contributed by atoms with E-state index in [4.69, 9.17) is 0 Å². The number of carbonyl (C=O) groups is 2. The van der Waals surface area contributed by atoms with Crippen LogP contribution in [0.15, 0.2) is 11.3 Å². The standard InChI is InChI=1S/C19H32N4O2/c1-14-16(15(2)21-18(25)20-14)17(24)22-19(9-5-3-6-10-19)13-23-11-7-4-8-12-23/h14H,3-13H2,1-2H3,(H,22,24)(H2,20,21,25)/t14-/m1/s1. The van der Waals surface area contributed by atoms with Crippen molar-refractivity contribution >= 4 is 11.9 Å². The molecule has 3 N–H and O–H groups in total. The van der Waals surface area contributed by atoms with E-state index in [2.05, 4.69) is 20.9 Å². The van der Waals surface area contributed by atoms with E-state index in [1.54, 1.807) is 0 Å². The zero-order valence-corrected chi connectivity index (χ0v) is 15.6. The number of amides is 3. The van der Waals surface area contributed by atoms with Gasteiger partial charge in [-0.15, -0.1) is 0 Å². The number of allylic oxidation sites excluding steroid dienone is 1. The first-order chi connectivity index (χ1) is 12.0. The zero-order chi connectivity index (χ0) is 17.9. The summed E-state index contributed by atoms with van der Waals surface area (Å²) in [6.07, 6.45) is 9.57. The minimum absolute atomic E-state index is 0.0311. The quantitative estimate of drug-likeness (QED) is 0.730. The average molecular weight is 348 g/mol. The second-order valence-corrected chi connectivity index (χ2v) is 7.99. The topological polar surface area (TPSA) is 73.5 Å². The van der Waals surface area contributed by atoms with Crippen LogP contribution in [0.25, 0.3) is 0 Å². The zero-order valence-electron chi connectivity index (χ0n) is 15.6. The number of urea groups is 1. The van der Waals surface area contributed by atoms with Crippen LogP contribution in [0.5, 0.6) is 0 Å². The second kappa shape index (κ2) is 7.77. The Kier molecular flexibility index (Phi) is 5.67. The van der Waals surface area contributed by atoms with Gasteiger partial charge >= 0.3 is 6.03 Å². The van der Waals surface area contributed by atoms with Crippen LogP contribution in [0, 0.1) is 0 Å². The lowest BCUT2D eigenvalue weighted by Crippen LogP contribution is -2.59. The van der Waals surface area contributed by atoms with Crippen LogP contribution in [0.2, 0.25) is 0 Å². The van der Waals surface area contributed by atoms with Crippen molar-refractivity contribution in [2.45, 2.75) is 76.8 Å². The molecule has 0 aromatic carbocycles. The summed E-state index contributed by atoms with van der Waals surface area (Å²) >= 11 is 0. The third-order valence-electron chi connectivity index (χ3n) is 5.89. The van der Waals surface area contributed by atoms with Crippen LogP contribution in [0.3, 0.4) is 0 Å². The Balaban J connectivity index is 1.74. The van der Waals surface area contributed by atoms with Crippen LogP contribution < -0.4 is 16.0 Å². The molecule has 6 nitrogen and oxygen atoms in total. The molecule has 1 atom stereocenters. The Hall–Kier alpha value is -1.56. The van der Waals surface area contributed by atoms with Gasteiger partial charge in [0.2, 0.25) is 0 Å². The van der Waals surface area contributed by atoms with E-state index in [1.165, 1.54) is 38.5 Å². The summed E-state index contributed by atoms with van der Waals surface area (Å²) in [7, 11) is 0. The molecule has 2 fully saturated rings. The van der Waals surface area contributed by atoms with E-state index in [-0.39, 0.29) is 23.5 Å². The van der Waals surface area contributed by atoms with Gasteiger partial charge in [0.05, 0.1) is 17.2 Å². The molecule has 25 heavy (non-hydrogen) atoms. The van der Waals surface area contributed by atoms with Crippen molar-refractivity contribution in [3.8, 4) is 0 Å². The molecule has 0 radical (unpaired) electrons. The minimum atomic E-state index is -0.260. The predicted molar refractivity (Wildman–Crippen MR) is 98.1 cm³/mol. The van der Waals surface area contributed by atoms with E-state index in [0.29, 0.717) is 11.3 Å². The van der Waals surface area contributed by atoms with Gasteiger partial charge in [0.25, 0.3) is 5.91 Å². The van der Waals surface area contributed by atoms with Gasteiger partial charge in [-0.05, 0) is 52.6 Å². The van der Waals surface area contributed by atoms with E-state index < -0.39 is 0 Å². The monoisotopic (exact) mass is 348 g/mol. The molecular formula is C19H32N4O2. The van der Waals surface area contributed by atoms with Crippen molar-refractivity contribution in [3.63, 3.8) is 0 Å². The molecule has 6 heteroatoms. The largest absolute Gasteiger partial charge is 0.345 e. The number of rotatable bonds is 4. The van der Waals surface area contributed by atoms with Crippen LogP contribution >= 0.6 is 0 Å². The molecule has 3 aliphatic rings. The smallest absolute Gasteiger partial charge is 0.319 e. The Morgan fingerprint density at radius 2 is 1.80 bits per heavy atom. The fourth-order valence-corrected chi connectivity index (χ4v) is 4.64. The van der Waals surface area contributed by atoms with Crippen molar-refractivity contribution in [2.24, 2.45) is 0 Å². The molecule has 1 saturated heterocycles. The maximum Gasteiger partial charge on any atom is 0.319 e. The SMILES string of the molecule is CC1=C(C(=O)NC2(CN3CCCCC3)CCCCC2)[C@@H](C)NC(=O)N1. The molecule has 1 aliphatic carbocycles. The highest BCUT2D eigenvalue weighted by Crippen LogP contribution is 2.31. The molecule has 1 saturated carbocycles. The molecule has 140 valence electrons. The molecule has 0 bridgehead atoms. The molecule has 0 aromatic heterocycles. The van der Waals surface area contributed by atoms with Crippen LogP contribution in [0.4, 0.5) is 4.79 Å². The summed E-state index contributed by atoms with van der Waals surface area (Å²) in [5.41, 5.74) is 1.20. The fourth-order valence-electron chi connectivity index (χ4n) is 4.64. The van der Waals surface area contributed by atoms with Gasteiger partial charge in [0, 0.05) is 12.2 Å². The number of carbonyl (C=O) groups excluding carboxylic acids is 2. The predicted octanol–water partition coefficient (Wildman–Crippen LogP) is 2.27. The van der Waals surface area contributed by atoms with E-state index in [1.807, 2.05) is 13.8 Å². The van der Waals surface area contributed by atoms with Crippen molar-refractivity contribution < 1.29 is 9.59 Å². The Labute approximate surface area is 150 Å². The highest BCUT2D eigenvalue weighted by Gasteiger charge is 2.38. The van der Waals surface area contributed by atoms with Crippen molar-refractivity contribution in [3.05, 3.63) is 11.3 Å². The van der Waals surface area contributed by atoms with Gasteiger partial charge in [0.1, 0.15) is 0 Å². The van der Waals surface area contributed by atoms with Gasteiger partial charge in [-0.3, -0.25) is 4.79 Å². The Morgan fingerprint density at radius 1 is 1.16 bits per heavy atom. The highest BCUT2D eigenvalue weighted by molar-refractivity contribution is 5.98. The molecule has 0 spiro atoms. The number of hydrogen-bond acceptors (Lipinski definition) is 3. The summed E-state index contributed by atoms with van der Waals surface area (Å²) in [6, 6.07) is -0.494. The third-order valence-corrected chi connectivity index (χ3v) is 5.89. The second-order valence-electron chi connectivity index (χ2n) is 7.99. The maximum atomic E-state index is 13.1. The van der Waals surface area contributed by atoms with Gasteiger partial charge < -0.3 is 20.9 Å². The van der Waals surface area contributed by atoms with Crippen LogP contribution in [-0.2, 0) is 4.79 Å². The lowest BCUT2D eigenvalue weighted by molar-refractivity contribution is -0.120. The van der Waals surface area contributed by atoms with Gasteiger partial charge in [0.15, 0.2) is 0 Å². The Bertz CT molecular complexity index is 546. The van der Waals surface area contributed by atoms with Crippen LogP contribution in [0.1, 0.15) is 65.2 Å². The summed E-state index contributed by atoms with van der Waals surface area (Å²) < 4.78 is 0. The number of hydrogen-bond donors (Lipinski definition) is 3. The lowest BCUT2D eigenvalue weighted by Gasteiger charge is -2.43. The van der Waals surface area contributed by atoms with E-state index >= 15 is 0 Å². The first-order valence-corrected chi connectivity index (χ1v) is 9.82. The van der Waals surface area contributed by atoms with E-state index in [9.17, 15) is 9.59 Å². The summed E-state index contributed by atoms with van der Waals surface area (Å²) in [5.74, 6) is -0.0311. The number of piperidine rings is 1. The number of nitrogens with zero attached hydrogens (tertiary/aromatic N) is 1. The number of nitrogens with one attached hydrogen (secondary N) is 3. The Morgan fingerprint density at radius 3 is 2.44 bits per heavy atom. The lowest BCUT2D eigenvalue weighted by atomic mass is 9.80. The third kappa shape index (κ3) is 4.35. The molecule has 0 aromatic rings. The van der Waals surface area contributed by atoms with Crippen molar-refractivity contribution in [1.29, 1.82) is 0 Å². The molecule has 2 heterocycles. The first-order valence-electron chi connectivity index (χ1n) is 9.82. The van der Waals surface area contributed by atoms with Crippen molar-refractivity contribution in [1.82, 2.24) is 20.9 Å². The number of likely N-dealkylation sites (tertiary alicyclic amines) is 1. The molecule has 2 aliphatic heterocycles. The van der Waals surface area contributed by atoms with Crippen LogP contribution in [-0.4, -0.2) is 48.1 Å².